The van der Waals surface area contributed by atoms with Crippen LogP contribution in [0, 0.1) is 0 Å². The smallest absolute Gasteiger partial charge is 0.338 e. The summed E-state index contributed by atoms with van der Waals surface area (Å²) >= 11 is 6.11. The van der Waals surface area contributed by atoms with Gasteiger partial charge in [0.25, 0.3) is 0 Å². The van der Waals surface area contributed by atoms with E-state index in [2.05, 4.69) is 0 Å². The van der Waals surface area contributed by atoms with Gasteiger partial charge in [0, 0.05) is 29.0 Å². The maximum absolute atomic E-state index is 12.4. The molecule has 0 radical (unpaired) electrons. The number of rotatable bonds is 4. The van der Waals surface area contributed by atoms with Crippen LogP contribution in [-0.2, 0) is 32.3 Å². The van der Waals surface area contributed by atoms with E-state index in [0.717, 1.165) is 10.5 Å². The monoisotopic (exact) mass is 401 g/mol. The van der Waals surface area contributed by atoms with Crippen LogP contribution in [0.2, 0.25) is 5.02 Å². The number of anilines is 1. The Hall–Kier alpha value is -2.90. The summed E-state index contributed by atoms with van der Waals surface area (Å²) in [4.78, 5) is 37.1. The van der Waals surface area contributed by atoms with Crippen molar-refractivity contribution in [3.8, 4) is 5.75 Å². The van der Waals surface area contributed by atoms with Gasteiger partial charge in [-0.3, -0.25) is 14.5 Å². The Balaban J connectivity index is 1.45. The fourth-order valence-corrected chi connectivity index (χ4v) is 3.47. The topological polar surface area (TPSA) is 82.1 Å². The molecular weight excluding hydrogens is 386 g/mol. The van der Waals surface area contributed by atoms with Gasteiger partial charge in [0.15, 0.2) is 6.79 Å². The highest BCUT2D eigenvalue weighted by Gasteiger charge is 2.30. The highest BCUT2D eigenvalue weighted by molar-refractivity contribution is 6.30. The van der Waals surface area contributed by atoms with E-state index in [9.17, 15) is 14.4 Å². The van der Waals surface area contributed by atoms with Gasteiger partial charge in [-0.2, -0.15) is 0 Å². The van der Waals surface area contributed by atoms with Crippen molar-refractivity contribution in [3.05, 3.63) is 58.1 Å². The van der Waals surface area contributed by atoms with Crippen molar-refractivity contribution < 1.29 is 28.6 Å². The number of carbonyl (C=O) groups excluding carboxylic acids is 3. The zero-order valence-corrected chi connectivity index (χ0v) is 15.5. The van der Waals surface area contributed by atoms with Gasteiger partial charge in [0.05, 0.1) is 17.9 Å². The number of carbonyl (C=O) groups is 3. The molecule has 2 aliphatic heterocycles. The van der Waals surface area contributed by atoms with Crippen molar-refractivity contribution in [1.29, 1.82) is 0 Å². The predicted octanol–water partition coefficient (Wildman–Crippen LogP) is 3.22. The minimum Gasteiger partial charge on any atom is -0.467 e. The molecule has 0 unspecified atom stereocenters. The molecule has 28 heavy (non-hydrogen) atoms. The first-order chi connectivity index (χ1) is 13.5. The molecule has 4 rings (SSSR count). The van der Waals surface area contributed by atoms with Crippen LogP contribution in [0.4, 0.5) is 5.69 Å². The number of hydrogen-bond donors (Lipinski definition) is 0. The van der Waals surface area contributed by atoms with E-state index in [0.29, 0.717) is 34.2 Å². The van der Waals surface area contributed by atoms with Crippen molar-refractivity contribution in [2.75, 3.05) is 11.7 Å². The van der Waals surface area contributed by atoms with E-state index >= 15 is 0 Å². The van der Waals surface area contributed by atoms with E-state index in [-0.39, 0.29) is 38.1 Å². The third-order valence-corrected chi connectivity index (χ3v) is 4.74. The quantitative estimate of drug-likeness (QED) is 0.578. The first kappa shape index (κ1) is 18.5. The third kappa shape index (κ3) is 3.58. The average Bonchev–Trinajstić information content (AvgIpc) is 3.04. The van der Waals surface area contributed by atoms with Gasteiger partial charge in [-0.1, -0.05) is 11.6 Å². The number of halogens is 1. The molecule has 144 valence electrons. The largest absolute Gasteiger partial charge is 0.467 e. The van der Waals surface area contributed by atoms with E-state index in [1.807, 2.05) is 0 Å². The Labute approximate surface area is 165 Å². The van der Waals surface area contributed by atoms with Crippen molar-refractivity contribution in [2.24, 2.45) is 0 Å². The fourth-order valence-electron chi connectivity index (χ4n) is 3.20. The molecule has 2 aromatic carbocycles. The van der Waals surface area contributed by atoms with Crippen LogP contribution in [0.15, 0.2) is 36.4 Å². The first-order valence-electron chi connectivity index (χ1n) is 8.68. The summed E-state index contributed by atoms with van der Waals surface area (Å²) in [6, 6.07) is 9.59. The van der Waals surface area contributed by atoms with Crippen LogP contribution in [0.3, 0.4) is 0 Å². The van der Waals surface area contributed by atoms with Crippen molar-refractivity contribution in [1.82, 2.24) is 0 Å². The lowest BCUT2D eigenvalue weighted by Crippen LogP contribution is -2.28. The van der Waals surface area contributed by atoms with Crippen LogP contribution >= 0.6 is 11.6 Å². The second-order valence-electron chi connectivity index (χ2n) is 6.41. The summed E-state index contributed by atoms with van der Waals surface area (Å²) in [5.41, 5.74) is 2.21. The molecule has 0 aliphatic carbocycles. The molecule has 8 heteroatoms. The lowest BCUT2D eigenvalue weighted by atomic mass is 10.1. The van der Waals surface area contributed by atoms with Crippen LogP contribution in [0.25, 0.3) is 0 Å². The minimum absolute atomic E-state index is 0.00737. The number of nitrogens with zero attached hydrogens (tertiary/aromatic N) is 1. The van der Waals surface area contributed by atoms with Gasteiger partial charge < -0.3 is 14.2 Å². The minimum atomic E-state index is -0.536. The van der Waals surface area contributed by atoms with Gasteiger partial charge in [-0.15, -0.1) is 0 Å². The van der Waals surface area contributed by atoms with Crippen molar-refractivity contribution in [3.63, 3.8) is 0 Å². The number of amides is 2. The standard InChI is InChI=1S/C20H16ClNO6/c21-15-7-13-9-26-11-28-19(13)14(8-15)10-27-20(25)12-1-3-16(4-2-12)22-17(23)5-6-18(22)24/h1-4,7-8H,5-6,9-11H2. The Morgan fingerprint density at radius 2 is 1.82 bits per heavy atom. The second-order valence-corrected chi connectivity index (χ2v) is 6.85. The highest BCUT2D eigenvalue weighted by atomic mass is 35.5. The number of esters is 1. The molecule has 2 aromatic rings. The normalized spacial score (nSPS) is 16.0. The number of fused-ring (bicyclic) bond motifs is 1. The molecule has 1 fully saturated rings. The Morgan fingerprint density at radius 1 is 1.11 bits per heavy atom. The second kappa shape index (κ2) is 7.61. The SMILES string of the molecule is O=C(OCc1cc(Cl)cc2c1OCOC2)c1ccc(N2C(=O)CCC2=O)cc1. The maximum atomic E-state index is 12.4. The van der Waals surface area contributed by atoms with Gasteiger partial charge in [0.1, 0.15) is 12.4 Å². The molecule has 0 saturated carbocycles. The van der Waals surface area contributed by atoms with Crippen molar-refractivity contribution >= 4 is 35.1 Å². The van der Waals surface area contributed by atoms with E-state index in [1.54, 1.807) is 24.3 Å². The zero-order valence-electron chi connectivity index (χ0n) is 14.8. The molecule has 2 aliphatic rings. The van der Waals surface area contributed by atoms with Crippen LogP contribution in [0.5, 0.6) is 5.75 Å². The molecule has 1 saturated heterocycles. The van der Waals surface area contributed by atoms with Crippen LogP contribution in [-0.4, -0.2) is 24.6 Å². The van der Waals surface area contributed by atoms with Crippen LogP contribution < -0.4 is 9.64 Å². The molecule has 2 heterocycles. The van der Waals surface area contributed by atoms with Crippen LogP contribution in [0.1, 0.15) is 34.3 Å². The summed E-state index contributed by atoms with van der Waals surface area (Å²) in [5, 5.41) is 0.503. The van der Waals surface area contributed by atoms with Gasteiger partial charge in [-0.05, 0) is 36.4 Å². The summed E-state index contributed by atoms with van der Waals surface area (Å²) in [5.74, 6) is -0.402. The van der Waals surface area contributed by atoms with Crippen molar-refractivity contribution in [2.45, 2.75) is 26.1 Å². The number of hydrogen-bond acceptors (Lipinski definition) is 6. The summed E-state index contributed by atoms with van der Waals surface area (Å²) in [6.07, 6.45) is 0.416. The molecule has 0 bridgehead atoms. The van der Waals surface area contributed by atoms with Gasteiger partial charge in [-0.25, -0.2) is 4.79 Å². The molecule has 2 amide bonds. The summed E-state index contributed by atoms with van der Waals surface area (Å²) in [6.45, 7) is 0.504. The number of imide groups is 1. The Bertz CT molecular complexity index is 940. The molecular formula is C20H16ClNO6. The lowest BCUT2D eigenvalue weighted by molar-refractivity contribution is -0.121. The first-order valence-corrected chi connectivity index (χ1v) is 9.05. The van der Waals surface area contributed by atoms with E-state index in [1.165, 1.54) is 12.1 Å². The fraction of sp³-hybridized carbons (Fsp3) is 0.250. The molecule has 7 nitrogen and oxygen atoms in total. The summed E-state index contributed by atoms with van der Waals surface area (Å²) < 4.78 is 16.1. The van der Waals surface area contributed by atoms with Gasteiger partial charge in [0.2, 0.25) is 11.8 Å². The van der Waals surface area contributed by atoms with Gasteiger partial charge >= 0.3 is 5.97 Å². The summed E-state index contributed by atoms with van der Waals surface area (Å²) in [7, 11) is 0. The van der Waals surface area contributed by atoms with E-state index in [4.69, 9.17) is 25.8 Å². The molecule has 0 spiro atoms. The lowest BCUT2D eigenvalue weighted by Gasteiger charge is -2.21. The number of ether oxygens (including phenoxy) is 3. The average molecular weight is 402 g/mol. The zero-order chi connectivity index (χ0) is 19.7. The predicted molar refractivity (Wildman–Crippen MR) is 99.0 cm³/mol. The molecule has 0 atom stereocenters. The molecule has 0 aromatic heterocycles. The third-order valence-electron chi connectivity index (χ3n) is 4.52. The molecule has 0 N–H and O–H groups in total. The highest BCUT2D eigenvalue weighted by Crippen LogP contribution is 2.32. The maximum Gasteiger partial charge on any atom is 0.338 e. The van der Waals surface area contributed by atoms with E-state index < -0.39 is 5.97 Å². The Morgan fingerprint density at radius 3 is 2.54 bits per heavy atom. The Kier molecular flexibility index (Phi) is 5.02. The number of benzene rings is 2.